The molecule has 7 atom stereocenters. The van der Waals surface area contributed by atoms with Crippen molar-refractivity contribution in [2.75, 3.05) is 13.7 Å². The van der Waals surface area contributed by atoms with Gasteiger partial charge in [-0.15, -0.1) is 0 Å². The van der Waals surface area contributed by atoms with Crippen molar-refractivity contribution in [2.24, 2.45) is 17.8 Å². The highest BCUT2D eigenvalue weighted by Crippen LogP contribution is 2.52. The molecule has 0 spiro atoms. The van der Waals surface area contributed by atoms with E-state index in [4.69, 9.17) is 23.7 Å². The molecule has 0 amide bonds. The molecule has 1 aromatic rings. The topological polar surface area (TPSA) is 49.5 Å². The number of rotatable bonds is 17. The zero-order valence-corrected chi connectivity index (χ0v) is 25.7. The molecule has 3 aliphatic rings. The Morgan fingerprint density at radius 3 is 2.38 bits per heavy atom. The first-order valence-corrected chi connectivity index (χ1v) is 15.9. The summed E-state index contributed by atoms with van der Waals surface area (Å²) in [6, 6.07) is 8.17. The van der Waals surface area contributed by atoms with Gasteiger partial charge in [0.15, 0.2) is 5.79 Å². The summed E-state index contributed by atoms with van der Waals surface area (Å²) in [7, 11) is 1.70. The molecular weight excluding hydrogens is 500 g/mol. The first-order valence-electron chi connectivity index (χ1n) is 15.9. The van der Waals surface area contributed by atoms with Gasteiger partial charge in [-0.25, -0.2) is 0 Å². The van der Waals surface area contributed by atoms with Crippen molar-refractivity contribution in [1.82, 2.24) is 0 Å². The normalized spacial score (nSPS) is 31.2. The molecule has 5 nitrogen and oxygen atoms in total. The van der Waals surface area contributed by atoms with Gasteiger partial charge in [0.05, 0.1) is 38.1 Å². The fourth-order valence-corrected chi connectivity index (χ4v) is 7.06. The zero-order valence-electron chi connectivity index (χ0n) is 25.7. The average molecular weight is 555 g/mol. The minimum absolute atomic E-state index is 0.139. The van der Waals surface area contributed by atoms with Crippen LogP contribution < -0.4 is 4.74 Å². The minimum atomic E-state index is -0.516. The first kappa shape index (κ1) is 31.3. The standard InChI is InChI=1S/C35H54O5/c1-6-8-10-11-12-14-15-27-23-33-34(38-33)29(21-22-37-25-26-17-19-28(36-5)20-18-26)30(27)24-32-31(16-13-9-7-2)39-35(3,4)40-32/h6-9,17-20,27,29-34H,10-16,21-25H2,1-5H3/b8-6+,9-7+/t27-,29-,30+,31+,32+,33+,34-/m1/s1. The summed E-state index contributed by atoms with van der Waals surface area (Å²) in [4.78, 5) is 0. The van der Waals surface area contributed by atoms with Crippen LogP contribution in [0.15, 0.2) is 48.6 Å². The lowest BCUT2D eigenvalue weighted by molar-refractivity contribution is -0.149. The minimum Gasteiger partial charge on any atom is -0.497 e. The van der Waals surface area contributed by atoms with Crippen molar-refractivity contribution in [2.45, 2.75) is 129 Å². The molecule has 1 aromatic carbocycles. The van der Waals surface area contributed by atoms with Crippen LogP contribution in [0.25, 0.3) is 0 Å². The molecule has 1 aliphatic carbocycles. The molecular formula is C35H54O5. The predicted octanol–water partition coefficient (Wildman–Crippen LogP) is 8.41. The largest absolute Gasteiger partial charge is 0.497 e. The van der Waals surface area contributed by atoms with E-state index in [0.29, 0.717) is 36.6 Å². The number of fused-ring (bicyclic) bond motifs is 1. The zero-order chi connectivity index (χ0) is 28.4. The summed E-state index contributed by atoms with van der Waals surface area (Å²) in [6.07, 6.45) is 21.7. The van der Waals surface area contributed by atoms with E-state index >= 15 is 0 Å². The van der Waals surface area contributed by atoms with E-state index in [1.807, 2.05) is 12.1 Å². The third kappa shape index (κ3) is 9.17. The lowest BCUT2D eigenvalue weighted by Crippen LogP contribution is -2.39. The van der Waals surface area contributed by atoms with Crippen LogP contribution in [0.3, 0.4) is 0 Å². The lowest BCUT2D eigenvalue weighted by Gasteiger charge is -2.38. The quantitative estimate of drug-likeness (QED) is 0.110. The molecule has 1 saturated carbocycles. The van der Waals surface area contributed by atoms with Crippen molar-refractivity contribution in [3.05, 3.63) is 54.1 Å². The second-order valence-electron chi connectivity index (χ2n) is 12.5. The molecule has 0 N–H and O–H groups in total. The Kier molecular flexibility index (Phi) is 12.1. The summed E-state index contributed by atoms with van der Waals surface area (Å²) in [5.41, 5.74) is 1.18. The SMILES string of the molecule is C/C=C/CCCCC[C@@H]1C[C@@H]2O[C@@H]2[C@H](CCOCc2ccc(OC)cc2)[C@H]1C[C@@H]1OC(C)(C)O[C@H]1CC/C=C/C. The Morgan fingerprint density at radius 1 is 0.875 bits per heavy atom. The maximum absolute atomic E-state index is 6.58. The summed E-state index contributed by atoms with van der Waals surface area (Å²) in [6.45, 7) is 9.74. The summed E-state index contributed by atoms with van der Waals surface area (Å²) in [5.74, 6) is 2.14. The molecule has 3 fully saturated rings. The number of allylic oxidation sites excluding steroid dienone is 4. The monoisotopic (exact) mass is 554 g/mol. The highest BCUT2D eigenvalue weighted by molar-refractivity contribution is 5.26. The van der Waals surface area contributed by atoms with Crippen molar-refractivity contribution in [3.8, 4) is 5.75 Å². The van der Waals surface area contributed by atoms with Gasteiger partial charge >= 0.3 is 0 Å². The Balaban J connectivity index is 1.39. The van der Waals surface area contributed by atoms with Gasteiger partial charge in [-0.3, -0.25) is 0 Å². The number of hydrogen-bond acceptors (Lipinski definition) is 5. The molecule has 2 heterocycles. The molecule has 0 radical (unpaired) electrons. The molecule has 4 rings (SSSR count). The summed E-state index contributed by atoms with van der Waals surface area (Å²) >= 11 is 0. The van der Waals surface area contributed by atoms with Crippen LogP contribution in [0, 0.1) is 17.8 Å². The smallest absolute Gasteiger partial charge is 0.163 e. The average Bonchev–Trinajstić information content (AvgIpc) is 3.66. The van der Waals surface area contributed by atoms with E-state index in [0.717, 1.165) is 38.0 Å². The Bertz CT molecular complexity index is 922. The van der Waals surface area contributed by atoms with Gasteiger partial charge in [0.1, 0.15) is 5.75 Å². The molecule has 2 aliphatic heterocycles. The van der Waals surface area contributed by atoms with Crippen molar-refractivity contribution in [1.29, 1.82) is 0 Å². The highest BCUT2D eigenvalue weighted by atomic mass is 16.7. The van der Waals surface area contributed by atoms with Crippen LogP contribution in [0.1, 0.15) is 97.5 Å². The lowest BCUT2D eigenvalue weighted by atomic mass is 9.66. The molecule has 0 aromatic heterocycles. The van der Waals surface area contributed by atoms with Gasteiger partial charge in [0.25, 0.3) is 0 Å². The Hall–Kier alpha value is -1.66. The molecule has 0 bridgehead atoms. The van der Waals surface area contributed by atoms with Gasteiger partial charge in [0.2, 0.25) is 0 Å². The van der Waals surface area contributed by atoms with Crippen LogP contribution in [0.2, 0.25) is 0 Å². The Morgan fingerprint density at radius 2 is 1.62 bits per heavy atom. The van der Waals surface area contributed by atoms with Gasteiger partial charge in [-0.1, -0.05) is 55.7 Å². The van der Waals surface area contributed by atoms with Crippen molar-refractivity contribution >= 4 is 0 Å². The predicted molar refractivity (Wildman–Crippen MR) is 161 cm³/mol. The maximum Gasteiger partial charge on any atom is 0.163 e. The van der Waals surface area contributed by atoms with Crippen molar-refractivity contribution < 1.29 is 23.7 Å². The second kappa shape index (κ2) is 15.5. The van der Waals surface area contributed by atoms with Gasteiger partial charge in [-0.05, 0) is 108 Å². The number of unbranched alkanes of at least 4 members (excludes halogenated alkanes) is 3. The summed E-state index contributed by atoms with van der Waals surface area (Å²) < 4.78 is 30.8. The number of benzene rings is 1. The number of methoxy groups -OCH3 is 1. The fraction of sp³-hybridized carbons (Fsp3) is 0.714. The molecule has 2 saturated heterocycles. The van der Waals surface area contributed by atoms with Crippen LogP contribution >= 0.6 is 0 Å². The van der Waals surface area contributed by atoms with Gasteiger partial charge in [-0.2, -0.15) is 0 Å². The van der Waals surface area contributed by atoms with Crippen LogP contribution in [-0.2, 0) is 25.6 Å². The van der Waals surface area contributed by atoms with Gasteiger partial charge in [0, 0.05) is 6.61 Å². The van der Waals surface area contributed by atoms with Crippen LogP contribution in [-0.4, -0.2) is 43.9 Å². The molecule has 5 heteroatoms. The van der Waals surface area contributed by atoms with E-state index in [1.165, 1.54) is 44.1 Å². The van der Waals surface area contributed by atoms with E-state index in [-0.39, 0.29) is 12.2 Å². The second-order valence-corrected chi connectivity index (χ2v) is 12.5. The Labute approximate surface area is 243 Å². The third-order valence-electron chi connectivity index (χ3n) is 9.08. The number of ether oxygens (including phenoxy) is 5. The first-order chi connectivity index (χ1) is 19.4. The number of epoxide rings is 1. The van der Waals surface area contributed by atoms with E-state index in [9.17, 15) is 0 Å². The third-order valence-corrected chi connectivity index (χ3v) is 9.08. The van der Waals surface area contributed by atoms with Crippen LogP contribution in [0.5, 0.6) is 5.75 Å². The highest BCUT2D eigenvalue weighted by Gasteiger charge is 2.55. The van der Waals surface area contributed by atoms with E-state index in [1.54, 1.807) is 7.11 Å². The molecule has 40 heavy (non-hydrogen) atoms. The molecule has 224 valence electrons. The number of hydrogen-bond donors (Lipinski definition) is 0. The van der Waals surface area contributed by atoms with Gasteiger partial charge < -0.3 is 23.7 Å². The maximum atomic E-state index is 6.58. The summed E-state index contributed by atoms with van der Waals surface area (Å²) in [5, 5.41) is 0. The molecule has 0 unspecified atom stereocenters. The fourth-order valence-electron chi connectivity index (χ4n) is 7.06. The van der Waals surface area contributed by atoms with Crippen LogP contribution in [0.4, 0.5) is 0 Å². The van der Waals surface area contributed by atoms with Crippen molar-refractivity contribution in [3.63, 3.8) is 0 Å². The van der Waals surface area contributed by atoms with E-state index in [2.05, 4.69) is 64.1 Å². The van der Waals surface area contributed by atoms with E-state index < -0.39 is 5.79 Å².